The van der Waals surface area contributed by atoms with Crippen molar-refractivity contribution in [2.75, 3.05) is 44.7 Å². The SMILES string of the molecule is Cc1cc(NCC(C)(O)CN2CCOCC2)ncc1Br. The summed E-state index contributed by atoms with van der Waals surface area (Å²) < 4.78 is 6.30. The van der Waals surface area contributed by atoms with Gasteiger partial charge in [0.2, 0.25) is 0 Å². The lowest BCUT2D eigenvalue weighted by molar-refractivity contribution is -0.0164. The van der Waals surface area contributed by atoms with E-state index in [4.69, 9.17) is 4.74 Å². The minimum atomic E-state index is -0.792. The molecule has 0 amide bonds. The van der Waals surface area contributed by atoms with Crippen LogP contribution in [0.15, 0.2) is 16.7 Å². The molecule has 1 atom stereocenters. The van der Waals surface area contributed by atoms with Crippen LogP contribution >= 0.6 is 15.9 Å². The predicted octanol–water partition coefficient (Wildman–Crippen LogP) is 1.65. The summed E-state index contributed by atoms with van der Waals surface area (Å²) in [4.78, 5) is 6.51. The quantitative estimate of drug-likeness (QED) is 0.851. The van der Waals surface area contributed by atoms with Crippen molar-refractivity contribution in [1.82, 2.24) is 9.88 Å². The van der Waals surface area contributed by atoms with Gasteiger partial charge in [0.05, 0.1) is 18.8 Å². The molecule has 0 aliphatic carbocycles. The topological polar surface area (TPSA) is 57.6 Å². The van der Waals surface area contributed by atoms with Crippen LogP contribution in [0.3, 0.4) is 0 Å². The smallest absolute Gasteiger partial charge is 0.126 e. The molecule has 0 bridgehead atoms. The Bertz CT molecular complexity index is 448. The zero-order chi connectivity index (χ0) is 14.6. The lowest BCUT2D eigenvalue weighted by Gasteiger charge is -2.34. The van der Waals surface area contributed by atoms with Gasteiger partial charge in [0.15, 0.2) is 0 Å². The number of morpholine rings is 1. The molecule has 1 saturated heterocycles. The lowest BCUT2D eigenvalue weighted by atomic mass is 10.1. The van der Waals surface area contributed by atoms with E-state index in [2.05, 4.69) is 31.1 Å². The molecule has 0 radical (unpaired) electrons. The summed E-state index contributed by atoms with van der Waals surface area (Å²) in [6, 6.07) is 1.97. The molecule has 0 aromatic carbocycles. The normalized spacial score (nSPS) is 19.6. The molecular weight excluding hydrogens is 322 g/mol. The number of aliphatic hydroxyl groups is 1. The summed E-state index contributed by atoms with van der Waals surface area (Å²) in [6.07, 6.45) is 1.77. The molecule has 1 fully saturated rings. The Morgan fingerprint density at radius 3 is 2.85 bits per heavy atom. The van der Waals surface area contributed by atoms with Gasteiger partial charge in [-0.25, -0.2) is 4.98 Å². The Hall–Kier alpha value is -0.690. The van der Waals surface area contributed by atoms with Crippen molar-refractivity contribution in [3.63, 3.8) is 0 Å². The first-order chi connectivity index (χ1) is 9.46. The van der Waals surface area contributed by atoms with Gasteiger partial charge in [0, 0.05) is 36.8 Å². The first kappa shape index (κ1) is 15.7. The number of hydrogen-bond donors (Lipinski definition) is 2. The number of ether oxygens (including phenoxy) is 1. The molecule has 1 aromatic heterocycles. The van der Waals surface area contributed by atoms with Gasteiger partial charge < -0.3 is 15.2 Å². The molecule has 1 aliphatic heterocycles. The van der Waals surface area contributed by atoms with Crippen molar-refractivity contribution in [1.29, 1.82) is 0 Å². The van der Waals surface area contributed by atoms with Gasteiger partial charge in [0.25, 0.3) is 0 Å². The molecule has 2 N–H and O–H groups in total. The average molecular weight is 344 g/mol. The number of aryl methyl sites for hydroxylation is 1. The average Bonchev–Trinajstić information content (AvgIpc) is 2.41. The third-order valence-corrected chi connectivity index (χ3v) is 4.20. The van der Waals surface area contributed by atoms with Gasteiger partial charge in [-0.2, -0.15) is 0 Å². The van der Waals surface area contributed by atoms with Crippen molar-refractivity contribution in [3.8, 4) is 0 Å². The summed E-state index contributed by atoms with van der Waals surface area (Å²) in [5.41, 5.74) is 0.329. The highest BCUT2D eigenvalue weighted by Crippen LogP contribution is 2.18. The second-order valence-electron chi connectivity index (χ2n) is 5.56. The van der Waals surface area contributed by atoms with Crippen LogP contribution < -0.4 is 5.32 Å². The third-order valence-electron chi connectivity index (χ3n) is 3.37. The molecule has 20 heavy (non-hydrogen) atoms. The monoisotopic (exact) mass is 343 g/mol. The standard InChI is InChI=1S/C14H22BrN3O2/c1-11-7-13(16-8-12(11)15)17-9-14(2,19)10-18-3-5-20-6-4-18/h7-8,19H,3-6,9-10H2,1-2H3,(H,16,17). The van der Waals surface area contributed by atoms with Crippen LogP contribution in [0.1, 0.15) is 12.5 Å². The van der Waals surface area contributed by atoms with E-state index < -0.39 is 5.60 Å². The van der Waals surface area contributed by atoms with Crippen LogP contribution in [0, 0.1) is 6.92 Å². The largest absolute Gasteiger partial charge is 0.387 e. The van der Waals surface area contributed by atoms with Crippen molar-refractivity contribution >= 4 is 21.7 Å². The Labute approximate surface area is 128 Å². The van der Waals surface area contributed by atoms with Crippen LogP contribution in [0.5, 0.6) is 0 Å². The van der Waals surface area contributed by atoms with E-state index in [0.29, 0.717) is 13.1 Å². The van der Waals surface area contributed by atoms with Crippen molar-refractivity contribution in [2.45, 2.75) is 19.4 Å². The maximum absolute atomic E-state index is 10.5. The van der Waals surface area contributed by atoms with Crippen molar-refractivity contribution < 1.29 is 9.84 Å². The molecule has 2 heterocycles. The number of pyridine rings is 1. The predicted molar refractivity (Wildman–Crippen MR) is 83.0 cm³/mol. The fraction of sp³-hybridized carbons (Fsp3) is 0.643. The highest BCUT2D eigenvalue weighted by molar-refractivity contribution is 9.10. The van der Waals surface area contributed by atoms with Gasteiger partial charge in [-0.1, -0.05) is 0 Å². The summed E-state index contributed by atoms with van der Waals surface area (Å²) in [6.45, 7) is 8.23. The first-order valence-corrected chi connectivity index (χ1v) is 7.64. The van der Waals surface area contributed by atoms with Gasteiger partial charge >= 0.3 is 0 Å². The van der Waals surface area contributed by atoms with E-state index in [9.17, 15) is 5.11 Å². The van der Waals surface area contributed by atoms with Gasteiger partial charge in [-0.15, -0.1) is 0 Å². The maximum Gasteiger partial charge on any atom is 0.126 e. The van der Waals surface area contributed by atoms with E-state index in [0.717, 1.165) is 42.2 Å². The number of anilines is 1. The molecule has 5 nitrogen and oxygen atoms in total. The summed E-state index contributed by atoms with van der Waals surface area (Å²) in [5.74, 6) is 0.785. The summed E-state index contributed by atoms with van der Waals surface area (Å²) in [5, 5.41) is 13.7. The zero-order valence-electron chi connectivity index (χ0n) is 12.0. The number of nitrogens with one attached hydrogen (secondary N) is 1. The van der Waals surface area contributed by atoms with Crippen molar-refractivity contribution in [2.24, 2.45) is 0 Å². The molecule has 1 unspecified atom stereocenters. The fourth-order valence-electron chi connectivity index (χ4n) is 2.21. The van der Waals surface area contributed by atoms with Crippen LogP contribution in [0.4, 0.5) is 5.82 Å². The molecule has 1 aliphatic rings. The minimum Gasteiger partial charge on any atom is -0.387 e. The van der Waals surface area contributed by atoms with Crippen LogP contribution in [-0.4, -0.2) is 60.0 Å². The maximum atomic E-state index is 10.5. The number of halogens is 1. The number of aromatic nitrogens is 1. The second-order valence-corrected chi connectivity index (χ2v) is 6.41. The summed E-state index contributed by atoms with van der Waals surface area (Å²) in [7, 11) is 0. The molecule has 1 aromatic rings. The summed E-state index contributed by atoms with van der Waals surface area (Å²) >= 11 is 3.43. The Morgan fingerprint density at radius 1 is 1.50 bits per heavy atom. The number of β-amino-alcohol motifs (C(OH)–C–C–N with tert-alkyl or cyclic N) is 1. The first-order valence-electron chi connectivity index (χ1n) is 6.85. The number of rotatable bonds is 5. The van der Waals surface area contributed by atoms with E-state index in [-0.39, 0.29) is 0 Å². The molecule has 6 heteroatoms. The molecule has 0 saturated carbocycles. The second kappa shape index (κ2) is 6.85. The Morgan fingerprint density at radius 2 is 2.20 bits per heavy atom. The van der Waals surface area contributed by atoms with Crippen molar-refractivity contribution in [3.05, 3.63) is 22.3 Å². The van der Waals surface area contributed by atoms with Crippen LogP contribution in [0.2, 0.25) is 0 Å². The van der Waals surface area contributed by atoms with Crippen LogP contribution in [-0.2, 0) is 4.74 Å². The fourth-order valence-corrected chi connectivity index (χ4v) is 2.43. The highest BCUT2D eigenvalue weighted by Gasteiger charge is 2.25. The number of nitrogens with zero attached hydrogens (tertiary/aromatic N) is 2. The molecule has 0 spiro atoms. The van der Waals surface area contributed by atoms with E-state index in [1.165, 1.54) is 0 Å². The molecule has 112 valence electrons. The zero-order valence-corrected chi connectivity index (χ0v) is 13.6. The van der Waals surface area contributed by atoms with Gasteiger partial charge in [0.1, 0.15) is 5.82 Å². The van der Waals surface area contributed by atoms with Crippen LogP contribution in [0.25, 0.3) is 0 Å². The number of hydrogen-bond acceptors (Lipinski definition) is 5. The van der Waals surface area contributed by atoms with Gasteiger partial charge in [-0.05, 0) is 41.4 Å². The minimum absolute atomic E-state index is 0.471. The highest BCUT2D eigenvalue weighted by atomic mass is 79.9. The van der Waals surface area contributed by atoms with Gasteiger partial charge in [-0.3, -0.25) is 4.90 Å². The third kappa shape index (κ3) is 4.70. The van der Waals surface area contributed by atoms with E-state index in [1.807, 2.05) is 19.9 Å². The Kier molecular flexibility index (Phi) is 5.37. The molecular formula is C14H22BrN3O2. The van der Waals surface area contributed by atoms with E-state index >= 15 is 0 Å². The van der Waals surface area contributed by atoms with E-state index in [1.54, 1.807) is 6.20 Å². The lowest BCUT2D eigenvalue weighted by Crippen LogP contribution is -2.49. The Balaban J connectivity index is 1.85. The molecule has 2 rings (SSSR count).